The maximum atomic E-state index is 5.60. The summed E-state index contributed by atoms with van der Waals surface area (Å²) < 4.78 is 11.2. The molecule has 0 amide bonds. The van der Waals surface area contributed by atoms with Crippen LogP contribution in [0, 0.1) is 18.6 Å². The molecule has 1 atom stereocenters. The molecule has 2 radical (unpaired) electrons. The van der Waals surface area contributed by atoms with E-state index in [4.69, 9.17) is 16.1 Å². The van der Waals surface area contributed by atoms with Crippen LogP contribution in [0.5, 0.6) is 5.75 Å². The zero-order valence-electron chi connectivity index (χ0n) is 12.0. The number of ether oxygens (including phenoxy) is 2. The van der Waals surface area contributed by atoms with Crippen molar-refractivity contribution in [2.75, 3.05) is 13.4 Å². The standard InChI is InChI=1S/C17H24O2/c1-4-7-10-15(5-2)13-18-14-19-17-12-9-8-11-16(17)6-3/h3,6,8,11-12,15H,4-5,7,10,13-14H2,1-2H3. The van der Waals surface area contributed by atoms with Crippen LogP contribution in [0.25, 0.3) is 6.08 Å². The summed E-state index contributed by atoms with van der Waals surface area (Å²) in [5.74, 6) is 1.35. The van der Waals surface area contributed by atoms with Crippen LogP contribution >= 0.6 is 0 Å². The van der Waals surface area contributed by atoms with Crippen molar-refractivity contribution in [1.29, 1.82) is 0 Å². The largest absolute Gasteiger partial charge is 0.467 e. The lowest BCUT2D eigenvalue weighted by Crippen LogP contribution is -2.12. The number of benzene rings is 1. The van der Waals surface area contributed by atoms with Gasteiger partial charge in [-0.1, -0.05) is 57.9 Å². The van der Waals surface area contributed by atoms with E-state index in [1.165, 1.54) is 25.3 Å². The van der Waals surface area contributed by atoms with Gasteiger partial charge in [-0.05, 0) is 24.5 Å². The highest BCUT2D eigenvalue weighted by molar-refractivity contribution is 5.54. The first kappa shape index (κ1) is 15.8. The molecule has 1 aromatic carbocycles. The third-order valence-electron chi connectivity index (χ3n) is 3.23. The van der Waals surface area contributed by atoms with Gasteiger partial charge in [0.15, 0.2) is 6.79 Å². The molecule has 0 aliphatic heterocycles. The maximum absolute atomic E-state index is 5.60. The molecule has 0 aromatic heterocycles. The molecule has 19 heavy (non-hydrogen) atoms. The molecule has 2 heteroatoms. The minimum Gasteiger partial charge on any atom is -0.467 e. The van der Waals surface area contributed by atoms with E-state index in [2.05, 4.69) is 19.9 Å². The van der Waals surface area contributed by atoms with Crippen LogP contribution in [0.15, 0.2) is 18.2 Å². The van der Waals surface area contributed by atoms with Crippen molar-refractivity contribution < 1.29 is 9.47 Å². The van der Waals surface area contributed by atoms with Crippen molar-refractivity contribution in [3.05, 3.63) is 36.4 Å². The van der Waals surface area contributed by atoms with Crippen LogP contribution in [-0.4, -0.2) is 13.4 Å². The second-order valence-electron chi connectivity index (χ2n) is 4.68. The fourth-order valence-corrected chi connectivity index (χ4v) is 1.91. The molecule has 1 aromatic rings. The Labute approximate surface area is 117 Å². The first-order chi connectivity index (χ1) is 9.31. The van der Waals surface area contributed by atoms with Gasteiger partial charge in [0.2, 0.25) is 0 Å². The van der Waals surface area contributed by atoms with E-state index in [0.29, 0.717) is 11.7 Å². The average molecular weight is 260 g/mol. The molecular weight excluding hydrogens is 236 g/mol. The predicted molar refractivity (Wildman–Crippen MR) is 78.8 cm³/mol. The van der Waals surface area contributed by atoms with Crippen LogP contribution in [0.1, 0.15) is 45.1 Å². The summed E-state index contributed by atoms with van der Waals surface area (Å²) in [5, 5.41) is 0. The summed E-state index contributed by atoms with van der Waals surface area (Å²) in [7, 11) is 0. The molecule has 0 bridgehead atoms. The SMILES string of the molecule is [CH]=Cc1cc[c]cc1OCOCC(CC)CCCC. The van der Waals surface area contributed by atoms with Crippen molar-refractivity contribution in [2.24, 2.45) is 5.92 Å². The summed E-state index contributed by atoms with van der Waals surface area (Å²) in [6, 6.07) is 8.42. The van der Waals surface area contributed by atoms with Crippen LogP contribution in [0.4, 0.5) is 0 Å². The monoisotopic (exact) mass is 260 g/mol. The molecule has 0 N–H and O–H groups in total. The number of unbranched alkanes of at least 4 members (excludes halogenated alkanes) is 1. The molecule has 0 aliphatic rings. The minimum atomic E-state index is 0.265. The Balaban J connectivity index is 2.27. The number of hydrogen-bond acceptors (Lipinski definition) is 2. The van der Waals surface area contributed by atoms with Crippen LogP contribution in [0.3, 0.4) is 0 Å². The molecule has 2 nitrogen and oxygen atoms in total. The second-order valence-corrected chi connectivity index (χ2v) is 4.68. The molecule has 1 rings (SSSR count). The van der Waals surface area contributed by atoms with E-state index in [1.807, 2.05) is 12.1 Å². The van der Waals surface area contributed by atoms with Crippen molar-refractivity contribution >= 4 is 6.08 Å². The van der Waals surface area contributed by atoms with Gasteiger partial charge in [0.05, 0.1) is 6.61 Å². The lowest BCUT2D eigenvalue weighted by molar-refractivity contribution is -0.00456. The molecule has 0 spiro atoms. The van der Waals surface area contributed by atoms with Crippen molar-refractivity contribution in [1.82, 2.24) is 0 Å². The molecule has 104 valence electrons. The predicted octanol–water partition coefficient (Wildman–Crippen LogP) is 4.50. The molecule has 0 saturated carbocycles. The fraction of sp³-hybridized carbons (Fsp3) is 0.529. The third-order valence-corrected chi connectivity index (χ3v) is 3.23. The lowest BCUT2D eigenvalue weighted by Gasteiger charge is -2.15. The molecule has 1 unspecified atom stereocenters. The van der Waals surface area contributed by atoms with Crippen molar-refractivity contribution in [3.8, 4) is 5.75 Å². The number of rotatable bonds is 10. The molecule has 0 aliphatic carbocycles. The summed E-state index contributed by atoms with van der Waals surface area (Å²) in [5.41, 5.74) is 0.861. The van der Waals surface area contributed by atoms with Crippen molar-refractivity contribution in [2.45, 2.75) is 39.5 Å². The normalized spacial score (nSPS) is 12.1. The molecule has 0 saturated heterocycles. The molecular formula is C17H24O2. The highest BCUT2D eigenvalue weighted by Crippen LogP contribution is 2.18. The molecule has 0 heterocycles. The van der Waals surface area contributed by atoms with Gasteiger partial charge >= 0.3 is 0 Å². The Morgan fingerprint density at radius 3 is 2.95 bits per heavy atom. The average Bonchev–Trinajstić information content (AvgIpc) is 2.47. The Morgan fingerprint density at radius 1 is 1.42 bits per heavy atom. The quantitative estimate of drug-likeness (QED) is 0.455. The summed E-state index contributed by atoms with van der Waals surface area (Å²) >= 11 is 0. The Morgan fingerprint density at radius 2 is 2.26 bits per heavy atom. The smallest absolute Gasteiger partial charge is 0.189 e. The van der Waals surface area contributed by atoms with Gasteiger partial charge in [-0.15, -0.1) is 0 Å². The zero-order chi connectivity index (χ0) is 13.9. The Bertz CT molecular complexity index is 360. The van der Waals surface area contributed by atoms with Gasteiger partial charge in [-0.25, -0.2) is 0 Å². The van der Waals surface area contributed by atoms with E-state index >= 15 is 0 Å². The lowest BCUT2D eigenvalue weighted by atomic mass is 10.0. The van der Waals surface area contributed by atoms with Gasteiger partial charge in [0.25, 0.3) is 0 Å². The second kappa shape index (κ2) is 9.62. The first-order valence-corrected chi connectivity index (χ1v) is 7.07. The van der Waals surface area contributed by atoms with E-state index < -0.39 is 0 Å². The summed E-state index contributed by atoms with van der Waals surface area (Å²) in [4.78, 5) is 0. The summed E-state index contributed by atoms with van der Waals surface area (Å²) in [6.45, 7) is 11.0. The van der Waals surface area contributed by atoms with Crippen LogP contribution in [0.2, 0.25) is 0 Å². The topological polar surface area (TPSA) is 18.5 Å². The third kappa shape index (κ3) is 5.93. The van der Waals surface area contributed by atoms with E-state index in [-0.39, 0.29) is 6.79 Å². The maximum Gasteiger partial charge on any atom is 0.189 e. The van der Waals surface area contributed by atoms with Gasteiger partial charge in [0.1, 0.15) is 5.75 Å². The number of hydrogen-bond donors (Lipinski definition) is 0. The fourth-order valence-electron chi connectivity index (χ4n) is 1.91. The van der Waals surface area contributed by atoms with Gasteiger partial charge in [-0.3, -0.25) is 0 Å². The zero-order valence-corrected chi connectivity index (χ0v) is 12.0. The van der Waals surface area contributed by atoms with Crippen LogP contribution < -0.4 is 4.74 Å². The van der Waals surface area contributed by atoms with Gasteiger partial charge in [-0.2, -0.15) is 0 Å². The minimum absolute atomic E-state index is 0.265. The first-order valence-electron chi connectivity index (χ1n) is 7.07. The van der Waals surface area contributed by atoms with Gasteiger partial charge < -0.3 is 9.47 Å². The van der Waals surface area contributed by atoms with E-state index in [1.54, 1.807) is 6.07 Å². The van der Waals surface area contributed by atoms with E-state index in [9.17, 15) is 0 Å². The van der Waals surface area contributed by atoms with Crippen LogP contribution in [-0.2, 0) is 4.74 Å². The highest BCUT2D eigenvalue weighted by atomic mass is 16.7. The van der Waals surface area contributed by atoms with E-state index in [0.717, 1.165) is 18.6 Å². The Kier molecular flexibility index (Phi) is 7.99. The Hall–Kier alpha value is -1.28. The summed E-state index contributed by atoms with van der Waals surface area (Å²) in [6.07, 6.45) is 6.42. The van der Waals surface area contributed by atoms with Gasteiger partial charge in [0, 0.05) is 5.56 Å². The molecule has 0 fully saturated rings. The highest BCUT2D eigenvalue weighted by Gasteiger charge is 2.06. The van der Waals surface area contributed by atoms with Crippen molar-refractivity contribution in [3.63, 3.8) is 0 Å².